The molecule has 0 aliphatic rings. The molecule has 0 radical (unpaired) electrons. The van der Waals surface area contributed by atoms with Gasteiger partial charge in [-0.1, -0.05) is 42.5 Å². The molecule has 0 bridgehead atoms. The average Bonchev–Trinajstić information content (AvgIpc) is 2.71. The van der Waals surface area contributed by atoms with E-state index in [0.29, 0.717) is 37.1 Å². The molecule has 164 valence electrons. The number of nitrogens with zero attached hydrogens (tertiary/aromatic N) is 1. The maximum Gasteiger partial charge on any atom is 0.422 e. The SMILES string of the molecule is CCNC(=NCc1ccc(OCC(F)(F)F)cc1)NCCS(=O)Cc1ccccc1. The van der Waals surface area contributed by atoms with E-state index in [2.05, 4.69) is 15.6 Å². The van der Waals surface area contributed by atoms with Gasteiger partial charge in [-0.05, 0) is 30.2 Å². The first-order chi connectivity index (χ1) is 14.4. The van der Waals surface area contributed by atoms with Crippen LogP contribution in [0.4, 0.5) is 13.2 Å². The molecule has 1 atom stereocenters. The topological polar surface area (TPSA) is 62.7 Å². The summed E-state index contributed by atoms with van der Waals surface area (Å²) in [5.74, 6) is 1.75. The number of ether oxygens (including phenoxy) is 1. The maximum absolute atomic E-state index is 12.2. The average molecular weight is 442 g/mol. The van der Waals surface area contributed by atoms with Crippen LogP contribution >= 0.6 is 0 Å². The van der Waals surface area contributed by atoms with Crippen LogP contribution < -0.4 is 15.4 Å². The summed E-state index contributed by atoms with van der Waals surface area (Å²) in [7, 11) is -0.982. The molecule has 0 fully saturated rings. The summed E-state index contributed by atoms with van der Waals surface area (Å²) in [6.07, 6.45) is -4.36. The highest BCUT2D eigenvalue weighted by Crippen LogP contribution is 2.19. The zero-order chi connectivity index (χ0) is 21.8. The predicted octanol–water partition coefficient (Wildman–Crippen LogP) is 3.63. The molecule has 0 aromatic heterocycles. The monoisotopic (exact) mass is 441 g/mol. The van der Waals surface area contributed by atoms with Crippen LogP contribution in [0.2, 0.25) is 0 Å². The summed E-state index contributed by atoms with van der Waals surface area (Å²) in [6, 6.07) is 16.0. The van der Waals surface area contributed by atoms with Crippen molar-refractivity contribution < 1.29 is 22.1 Å². The van der Waals surface area contributed by atoms with Crippen molar-refractivity contribution in [3.8, 4) is 5.75 Å². The number of guanidine groups is 1. The lowest BCUT2D eigenvalue weighted by atomic mass is 10.2. The van der Waals surface area contributed by atoms with E-state index in [-0.39, 0.29) is 5.75 Å². The molecule has 2 rings (SSSR count). The number of halogens is 3. The van der Waals surface area contributed by atoms with Gasteiger partial charge in [0.25, 0.3) is 0 Å². The Morgan fingerprint density at radius 2 is 1.73 bits per heavy atom. The van der Waals surface area contributed by atoms with Gasteiger partial charge in [-0.25, -0.2) is 4.99 Å². The number of aliphatic imine (C=N–C) groups is 1. The van der Waals surface area contributed by atoms with Crippen LogP contribution in [0.3, 0.4) is 0 Å². The molecule has 0 amide bonds. The second kappa shape index (κ2) is 12.2. The van der Waals surface area contributed by atoms with Crippen molar-refractivity contribution >= 4 is 16.8 Å². The third-order valence-corrected chi connectivity index (χ3v) is 5.20. The molecule has 2 aromatic carbocycles. The zero-order valence-corrected chi connectivity index (χ0v) is 17.6. The van der Waals surface area contributed by atoms with Crippen molar-refractivity contribution in [1.29, 1.82) is 0 Å². The van der Waals surface area contributed by atoms with E-state index in [4.69, 9.17) is 4.74 Å². The lowest BCUT2D eigenvalue weighted by Gasteiger charge is -2.12. The van der Waals surface area contributed by atoms with Crippen molar-refractivity contribution in [3.63, 3.8) is 0 Å². The van der Waals surface area contributed by atoms with E-state index in [9.17, 15) is 17.4 Å². The Morgan fingerprint density at radius 1 is 1.03 bits per heavy atom. The van der Waals surface area contributed by atoms with E-state index in [1.54, 1.807) is 12.1 Å². The van der Waals surface area contributed by atoms with E-state index in [0.717, 1.165) is 11.1 Å². The van der Waals surface area contributed by atoms with Gasteiger partial charge in [0.2, 0.25) is 0 Å². The van der Waals surface area contributed by atoms with Gasteiger partial charge in [0, 0.05) is 35.4 Å². The number of hydrogen-bond donors (Lipinski definition) is 2. The summed E-state index contributed by atoms with van der Waals surface area (Å²) >= 11 is 0. The Labute approximate surface area is 177 Å². The van der Waals surface area contributed by atoms with E-state index in [1.165, 1.54) is 12.1 Å². The Hall–Kier alpha value is -2.55. The maximum atomic E-state index is 12.2. The normalized spacial score (nSPS) is 13.0. The minimum absolute atomic E-state index is 0.158. The fraction of sp³-hybridized carbons (Fsp3) is 0.381. The van der Waals surface area contributed by atoms with Crippen LogP contribution in [0.1, 0.15) is 18.1 Å². The van der Waals surface area contributed by atoms with Gasteiger partial charge in [-0.15, -0.1) is 0 Å². The molecule has 0 aliphatic heterocycles. The summed E-state index contributed by atoms with van der Waals surface area (Å²) in [6.45, 7) is 2.16. The van der Waals surface area contributed by atoms with Gasteiger partial charge in [0.05, 0.1) is 6.54 Å². The first kappa shape index (κ1) is 23.7. The fourth-order valence-corrected chi connectivity index (χ4v) is 3.52. The third-order valence-electron chi connectivity index (χ3n) is 3.88. The van der Waals surface area contributed by atoms with E-state index >= 15 is 0 Å². The van der Waals surface area contributed by atoms with Crippen molar-refractivity contribution in [2.24, 2.45) is 4.99 Å². The predicted molar refractivity (Wildman–Crippen MR) is 114 cm³/mol. The van der Waals surface area contributed by atoms with Crippen LogP contribution in [0.5, 0.6) is 5.75 Å². The Balaban J connectivity index is 1.80. The highest BCUT2D eigenvalue weighted by molar-refractivity contribution is 7.84. The summed E-state index contributed by atoms with van der Waals surface area (Å²) < 4.78 is 53.5. The molecule has 0 saturated heterocycles. The first-order valence-electron chi connectivity index (χ1n) is 9.55. The largest absolute Gasteiger partial charge is 0.484 e. The standard InChI is InChI=1S/C21H26F3N3O2S/c1-2-25-20(26-12-13-30(28)15-18-6-4-3-5-7-18)27-14-17-8-10-19(11-9-17)29-16-21(22,23)24/h3-11H,2,12-16H2,1H3,(H2,25,26,27). The molecule has 0 spiro atoms. The second-order valence-electron chi connectivity index (χ2n) is 6.44. The van der Waals surface area contributed by atoms with Gasteiger partial charge < -0.3 is 15.4 Å². The fourth-order valence-electron chi connectivity index (χ4n) is 2.48. The van der Waals surface area contributed by atoms with Crippen molar-refractivity contribution in [1.82, 2.24) is 10.6 Å². The lowest BCUT2D eigenvalue weighted by molar-refractivity contribution is -0.153. The molecule has 9 heteroatoms. The molecule has 0 saturated carbocycles. The third kappa shape index (κ3) is 9.78. The summed E-state index contributed by atoms with van der Waals surface area (Å²) in [4.78, 5) is 4.45. The number of alkyl halides is 3. The lowest BCUT2D eigenvalue weighted by Crippen LogP contribution is -2.39. The quantitative estimate of drug-likeness (QED) is 0.437. The first-order valence-corrected chi connectivity index (χ1v) is 11.0. The number of nitrogens with one attached hydrogen (secondary N) is 2. The molecule has 2 N–H and O–H groups in total. The van der Waals surface area contributed by atoms with Crippen LogP contribution in [0.25, 0.3) is 0 Å². The van der Waals surface area contributed by atoms with Crippen molar-refractivity contribution in [2.45, 2.75) is 25.4 Å². The van der Waals surface area contributed by atoms with Gasteiger partial charge >= 0.3 is 6.18 Å². The van der Waals surface area contributed by atoms with Gasteiger partial charge in [-0.2, -0.15) is 13.2 Å². The molecule has 5 nitrogen and oxygen atoms in total. The molecule has 1 unspecified atom stereocenters. The van der Waals surface area contributed by atoms with Crippen LogP contribution in [0.15, 0.2) is 59.6 Å². The molecule has 0 aliphatic carbocycles. The van der Waals surface area contributed by atoms with Gasteiger partial charge in [0.15, 0.2) is 12.6 Å². The summed E-state index contributed by atoms with van der Waals surface area (Å²) in [5.41, 5.74) is 1.87. The number of rotatable bonds is 10. The van der Waals surface area contributed by atoms with E-state index in [1.807, 2.05) is 37.3 Å². The number of benzene rings is 2. The zero-order valence-electron chi connectivity index (χ0n) is 16.7. The Kier molecular flexibility index (Phi) is 9.66. The molecular formula is C21H26F3N3O2S. The summed E-state index contributed by atoms with van der Waals surface area (Å²) in [5, 5.41) is 6.27. The van der Waals surface area contributed by atoms with Crippen LogP contribution in [-0.4, -0.2) is 41.8 Å². The van der Waals surface area contributed by atoms with Gasteiger partial charge in [-0.3, -0.25) is 4.21 Å². The van der Waals surface area contributed by atoms with Crippen molar-refractivity contribution in [2.75, 3.05) is 25.4 Å². The minimum Gasteiger partial charge on any atom is -0.484 e. The van der Waals surface area contributed by atoms with Crippen LogP contribution in [-0.2, 0) is 23.1 Å². The highest BCUT2D eigenvalue weighted by Gasteiger charge is 2.28. The smallest absolute Gasteiger partial charge is 0.422 e. The van der Waals surface area contributed by atoms with Gasteiger partial charge in [0.1, 0.15) is 5.75 Å². The van der Waals surface area contributed by atoms with Crippen molar-refractivity contribution in [3.05, 3.63) is 65.7 Å². The minimum atomic E-state index is -4.36. The second-order valence-corrected chi connectivity index (χ2v) is 8.02. The molecule has 30 heavy (non-hydrogen) atoms. The van der Waals surface area contributed by atoms with Crippen LogP contribution in [0, 0.1) is 0 Å². The van der Waals surface area contributed by atoms with E-state index < -0.39 is 23.6 Å². The molecule has 0 heterocycles. The Bertz CT molecular complexity index is 812. The number of hydrogen-bond acceptors (Lipinski definition) is 3. The molecule has 2 aromatic rings. The molecular weight excluding hydrogens is 415 g/mol. The Morgan fingerprint density at radius 3 is 2.37 bits per heavy atom. The highest BCUT2D eigenvalue weighted by atomic mass is 32.2.